The van der Waals surface area contributed by atoms with Gasteiger partial charge in [0.2, 0.25) is 0 Å². The molecule has 1 amide bonds. The van der Waals surface area contributed by atoms with E-state index in [9.17, 15) is 9.90 Å². The van der Waals surface area contributed by atoms with Gasteiger partial charge in [0, 0.05) is 5.69 Å². The van der Waals surface area contributed by atoms with Gasteiger partial charge in [-0.05, 0) is 41.5 Å². The summed E-state index contributed by atoms with van der Waals surface area (Å²) in [4.78, 5) is 13.7. The molecule has 1 heterocycles. The topological polar surface area (TPSA) is 49.8 Å². The number of ether oxygens (including phenoxy) is 1. The SMILES string of the molecule is C=Cc1cccc([C@@H]2[C@H](O)C(=O)N2c2ccc(OC)cc2)c1. The maximum absolute atomic E-state index is 12.1. The normalized spacial score (nSPS) is 20.5. The van der Waals surface area contributed by atoms with Crippen molar-refractivity contribution in [2.24, 2.45) is 0 Å². The van der Waals surface area contributed by atoms with Crippen LogP contribution < -0.4 is 9.64 Å². The molecule has 0 unspecified atom stereocenters. The van der Waals surface area contributed by atoms with E-state index < -0.39 is 6.10 Å². The molecule has 4 heteroatoms. The van der Waals surface area contributed by atoms with Crippen LogP contribution in [0.15, 0.2) is 55.1 Å². The molecule has 4 nitrogen and oxygen atoms in total. The highest BCUT2D eigenvalue weighted by atomic mass is 16.5. The number of rotatable bonds is 4. The van der Waals surface area contributed by atoms with Gasteiger partial charge >= 0.3 is 0 Å². The lowest BCUT2D eigenvalue weighted by Gasteiger charge is -2.44. The number of nitrogens with zero attached hydrogens (tertiary/aromatic N) is 1. The number of aliphatic hydroxyl groups is 1. The summed E-state index contributed by atoms with van der Waals surface area (Å²) in [7, 11) is 1.59. The summed E-state index contributed by atoms with van der Waals surface area (Å²) < 4.78 is 5.13. The van der Waals surface area contributed by atoms with Crippen LogP contribution >= 0.6 is 0 Å². The molecule has 22 heavy (non-hydrogen) atoms. The number of carbonyl (C=O) groups is 1. The molecular formula is C18H17NO3. The van der Waals surface area contributed by atoms with Gasteiger partial charge in [0.05, 0.1) is 13.2 Å². The van der Waals surface area contributed by atoms with Gasteiger partial charge in [-0.3, -0.25) is 9.69 Å². The zero-order valence-electron chi connectivity index (χ0n) is 12.3. The Bertz CT molecular complexity index is 709. The van der Waals surface area contributed by atoms with Crippen LogP contribution in [0.5, 0.6) is 5.75 Å². The Kier molecular flexibility index (Phi) is 3.69. The monoisotopic (exact) mass is 295 g/mol. The summed E-state index contributed by atoms with van der Waals surface area (Å²) in [6, 6.07) is 14.5. The number of hydrogen-bond donors (Lipinski definition) is 1. The number of benzene rings is 2. The van der Waals surface area contributed by atoms with Gasteiger partial charge in [0.25, 0.3) is 5.91 Å². The minimum absolute atomic E-state index is 0.292. The zero-order valence-corrected chi connectivity index (χ0v) is 12.3. The number of anilines is 1. The molecule has 0 bridgehead atoms. The van der Waals surface area contributed by atoms with Crippen molar-refractivity contribution < 1.29 is 14.6 Å². The fourth-order valence-electron chi connectivity index (χ4n) is 2.71. The molecular weight excluding hydrogens is 278 g/mol. The van der Waals surface area contributed by atoms with Gasteiger partial charge in [0.1, 0.15) is 5.75 Å². The maximum Gasteiger partial charge on any atom is 0.259 e. The van der Waals surface area contributed by atoms with E-state index in [4.69, 9.17) is 4.74 Å². The molecule has 0 saturated carbocycles. The van der Waals surface area contributed by atoms with E-state index in [0.717, 1.165) is 22.6 Å². The highest BCUT2D eigenvalue weighted by Gasteiger charge is 2.47. The number of carbonyl (C=O) groups excluding carboxylic acids is 1. The van der Waals surface area contributed by atoms with Crippen LogP contribution in [0.4, 0.5) is 5.69 Å². The standard InChI is InChI=1S/C18H17NO3/c1-3-12-5-4-6-13(11-12)16-17(20)18(21)19(16)14-7-9-15(22-2)10-8-14/h3-11,16-17,20H,1H2,2H3/t16-,17+/m1/s1. The second-order valence-electron chi connectivity index (χ2n) is 5.17. The third-order valence-electron chi connectivity index (χ3n) is 3.91. The Morgan fingerprint density at radius 3 is 2.59 bits per heavy atom. The maximum atomic E-state index is 12.1. The molecule has 0 aromatic heterocycles. The van der Waals surface area contributed by atoms with Crippen LogP contribution in [0, 0.1) is 0 Å². The van der Waals surface area contributed by atoms with Crippen molar-refractivity contribution >= 4 is 17.7 Å². The molecule has 1 aliphatic heterocycles. The molecule has 0 radical (unpaired) electrons. The van der Waals surface area contributed by atoms with Crippen LogP contribution in [0.2, 0.25) is 0 Å². The number of β-lactam (4-membered cyclic amide) rings is 1. The number of hydrogen-bond acceptors (Lipinski definition) is 3. The number of amides is 1. The summed E-state index contributed by atoms with van der Waals surface area (Å²) in [5.41, 5.74) is 2.59. The van der Waals surface area contributed by atoms with Gasteiger partial charge in [-0.1, -0.05) is 30.9 Å². The van der Waals surface area contributed by atoms with Crippen molar-refractivity contribution in [1.82, 2.24) is 0 Å². The molecule has 2 atom stereocenters. The average molecular weight is 295 g/mol. The Morgan fingerprint density at radius 1 is 1.23 bits per heavy atom. The van der Waals surface area contributed by atoms with E-state index in [2.05, 4.69) is 6.58 Å². The average Bonchev–Trinajstić information content (AvgIpc) is 2.58. The molecule has 3 rings (SSSR count). The van der Waals surface area contributed by atoms with Crippen LogP contribution in [0.1, 0.15) is 17.2 Å². The molecule has 1 aliphatic rings. The second kappa shape index (κ2) is 5.66. The van der Waals surface area contributed by atoms with Crippen LogP contribution in [0.25, 0.3) is 6.08 Å². The van der Waals surface area contributed by atoms with Gasteiger partial charge in [-0.25, -0.2) is 0 Å². The lowest BCUT2D eigenvalue weighted by atomic mass is 9.89. The highest BCUT2D eigenvalue weighted by Crippen LogP contribution is 2.39. The van der Waals surface area contributed by atoms with Crippen LogP contribution in [0.3, 0.4) is 0 Å². The third kappa shape index (κ3) is 2.27. The fraction of sp³-hybridized carbons (Fsp3) is 0.167. The van der Waals surface area contributed by atoms with Crippen molar-refractivity contribution in [3.63, 3.8) is 0 Å². The van der Waals surface area contributed by atoms with Crippen LogP contribution in [-0.2, 0) is 4.79 Å². The minimum Gasteiger partial charge on any atom is -0.497 e. The molecule has 2 aromatic rings. The van der Waals surface area contributed by atoms with Gasteiger partial charge in [0.15, 0.2) is 6.10 Å². The van der Waals surface area contributed by atoms with E-state index >= 15 is 0 Å². The summed E-state index contributed by atoms with van der Waals surface area (Å²) in [6.45, 7) is 3.75. The Morgan fingerprint density at radius 2 is 1.95 bits per heavy atom. The predicted octanol–water partition coefficient (Wildman–Crippen LogP) is 2.79. The minimum atomic E-state index is -1.01. The molecule has 1 N–H and O–H groups in total. The largest absolute Gasteiger partial charge is 0.497 e. The summed E-state index contributed by atoms with van der Waals surface area (Å²) in [5.74, 6) is 0.432. The summed E-state index contributed by atoms with van der Waals surface area (Å²) >= 11 is 0. The lowest BCUT2D eigenvalue weighted by Crippen LogP contribution is -2.59. The number of aliphatic hydroxyl groups excluding tert-OH is 1. The third-order valence-corrected chi connectivity index (χ3v) is 3.91. The quantitative estimate of drug-likeness (QED) is 0.882. The summed E-state index contributed by atoms with van der Waals surface area (Å²) in [5, 5.41) is 10.1. The first kappa shape index (κ1) is 14.4. The van der Waals surface area contributed by atoms with E-state index in [1.807, 2.05) is 36.4 Å². The van der Waals surface area contributed by atoms with E-state index in [1.54, 1.807) is 30.2 Å². The fourth-order valence-corrected chi connectivity index (χ4v) is 2.71. The van der Waals surface area contributed by atoms with Crippen molar-refractivity contribution in [3.8, 4) is 5.75 Å². The van der Waals surface area contributed by atoms with Crippen molar-refractivity contribution in [2.75, 3.05) is 12.0 Å². The lowest BCUT2D eigenvalue weighted by molar-refractivity contribution is -0.137. The molecule has 0 spiro atoms. The Labute approximate surface area is 129 Å². The van der Waals surface area contributed by atoms with E-state index in [-0.39, 0.29) is 11.9 Å². The molecule has 0 aliphatic carbocycles. The molecule has 1 fully saturated rings. The molecule has 112 valence electrons. The van der Waals surface area contributed by atoms with Crippen molar-refractivity contribution in [3.05, 3.63) is 66.2 Å². The first-order valence-corrected chi connectivity index (χ1v) is 7.03. The van der Waals surface area contributed by atoms with E-state index in [1.165, 1.54) is 0 Å². The van der Waals surface area contributed by atoms with Gasteiger partial charge < -0.3 is 9.84 Å². The molecule has 1 saturated heterocycles. The molecule has 2 aromatic carbocycles. The van der Waals surface area contributed by atoms with Crippen molar-refractivity contribution in [2.45, 2.75) is 12.1 Å². The zero-order chi connectivity index (χ0) is 15.7. The first-order chi connectivity index (χ1) is 10.7. The van der Waals surface area contributed by atoms with Gasteiger partial charge in [-0.15, -0.1) is 0 Å². The summed E-state index contributed by atoms with van der Waals surface area (Å²) in [6.07, 6.45) is 0.732. The Balaban J connectivity index is 1.95. The highest BCUT2D eigenvalue weighted by molar-refractivity contribution is 6.05. The van der Waals surface area contributed by atoms with Crippen LogP contribution in [-0.4, -0.2) is 24.2 Å². The van der Waals surface area contributed by atoms with E-state index in [0.29, 0.717) is 0 Å². The smallest absolute Gasteiger partial charge is 0.259 e. The van der Waals surface area contributed by atoms with Gasteiger partial charge in [-0.2, -0.15) is 0 Å². The predicted molar refractivity (Wildman–Crippen MR) is 85.8 cm³/mol. The Hall–Kier alpha value is -2.59. The first-order valence-electron chi connectivity index (χ1n) is 7.03. The van der Waals surface area contributed by atoms with Crippen molar-refractivity contribution in [1.29, 1.82) is 0 Å². The second-order valence-corrected chi connectivity index (χ2v) is 5.17. The number of methoxy groups -OCH3 is 1.